The molecule has 0 atom stereocenters. The molecule has 0 fully saturated rings. The molecule has 0 unspecified atom stereocenters. The highest BCUT2D eigenvalue weighted by atomic mass is 32.1. The lowest BCUT2D eigenvalue weighted by molar-refractivity contribution is -0.122. The van der Waals surface area contributed by atoms with Crippen molar-refractivity contribution in [3.8, 4) is 11.1 Å². The first-order valence-corrected chi connectivity index (χ1v) is 16.0. The van der Waals surface area contributed by atoms with Crippen LogP contribution in [-0.4, -0.2) is 57.4 Å². The maximum atomic E-state index is 8.52. The highest BCUT2D eigenvalue weighted by Crippen LogP contribution is 2.47. The van der Waals surface area contributed by atoms with E-state index in [1.165, 1.54) is 60.7 Å². The molecule has 240 valence electrons. The van der Waals surface area contributed by atoms with Crippen molar-refractivity contribution in [1.29, 1.82) is 0 Å². The van der Waals surface area contributed by atoms with E-state index in [9.17, 15) is 0 Å². The summed E-state index contributed by atoms with van der Waals surface area (Å²) in [6.07, 6.45) is 2.05. The van der Waals surface area contributed by atoms with Crippen LogP contribution in [-0.2, 0) is 30.7 Å². The largest absolute Gasteiger partial charge is 0.483 e. The van der Waals surface area contributed by atoms with Gasteiger partial charge in [-0.1, -0.05) is 43.7 Å². The summed E-state index contributed by atoms with van der Waals surface area (Å²) >= 11 is 1.88. The van der Waals surface area contributed by atoms with Crippen molar-refractivity contribution >= 4 is 39.5 Å². The van der Waals surface area contributed by atoms with Crippen LogP contribution in [0.5, 0.6) is 0 Å². The standard InChI is InChI=1S/C29H36N4S.C4H10O.C2H4.CH2O2/c1-8-22-20(5)27-28-23(26(22)21-12-10-18(3)11-13-21)16-19(4)32(28)14-15-33(27)29-30-24(17-31(6)7)25(9-2)34-29;1-4(2,3)5;1-2;2-1-3/h10-13,16H,8-9,14-15,17H2,1-7H3;5H,1-3H3;1-2H2;1H,(H,2,3). The third-order valence-corrected chi connectivity index (χ3v) is 8.47. The summed E-state index contributed by atoms with van der Waals surface area (Å²) in [6.45, 7) is 25.1. The zero-order chi connectivity index (χ0) is 33.4. The van der Waals surface area contributed by atoms with E-state index in [1.807, 2.05) is 11.3 Å². The van der Waals surface area contributed by atoms with Crippen molar-refractivity contribution in [2.24, 2.45) is 0 Å². The summed E-state index contributed by atoms with van der Waals surface area (Å²) in [7, 11) is 4.25. The maximum Gasteiger partial charge on any atom is 0.290 e. The maximum absolute atomic E-state index is 8.52. The van der Waals surface area contributed by atoms with Crippen LogP contribution < -0.4 is 4.90 Å². The molecule has 8 heteroatoms. The second-order valence-corrected chi connectivity index (χ2v) is 13.2. The molecular weight excluding hydrogens is 568 g/mol. The van der Waals surface area contributed by atoms with Gasteiger partial charge in [-0.25, -0.2) is 4.98 Å². The number of anilines is 2. The van der Waals surface area contributed by atoms with Crippen molar-refractivity contribution in [2.45, 2.75) is 86.9 Å². The van der Waals surface area contributed by atoms with Gasteiger partial charge in [0.15, 0.2) is 5.13 Å². The molecule has 0 radical (unpaired) electrons. The molecule has 5 rings (SSSR count). The fourth-order valence-corrected chi connectivity index (χ4v) is 6.63. The summed E-state index contributed by atoms with van der Waals surface area (Å²) in [6, 6.07) is 11.5. The molecule has 2 N–H and O–H groups in total. The average Bonchev–Trinajstić information content (AvgIpc) is 3.51. The van der Waals surface area contributed by atoms with Crippen LogP contribution in [0.4, 0.5) is 10.8 Å². The Bertz CT molecular complexity index is 1520. The van der Waals surface area contributed by atoms with Crippen LogP contribution in [0.1, 0.15) is 67.6 Å². The summed E-state index contributed by atoms with van der Waals surface area (Å²) in [5.41, 5.74) is 11.7. The predicted molar refractivity (Wildman–Crippen MR) is 189 cm³/mol. The Morgan fingerprint density at radius 2 is 1.61 bits per heavy atom. The molecule has 2 aromatic heterocycles. The number of rotatable bonds is 6. The lowest BCUT2D eigenvalue weighted by Crippen LogP contribution is -2.29. The van der Waals surface area contributed by atoms with Crippen LogP contribution in [0.25, 0.3) is 22.0 Å². The first-order chi connectivity index (χ1) is 20.7. The molecule has 0 bridgehead atoms. The molecule has 0 saturated carbocycles. The van der Waals surface area contributed by atoms with Gasteiger partial charge in [0.2, 0.25) is 0 Å². The number of carboxylic acid groups (broad SMARTS) is 1. The summed E-state index contributed by atoms with van der Waals surface area (Å²) < 4.78 is 2.53. The van der Waals surface area contributed by atoms with Gasteiger partial charge < -0.3 is 24.6 Å². The van der Waals surface area contributed by atoms with E-state index >= 15 is 0 Å². The van der Waals surface area contributed by atoms with Crippen molar-refractivity contribution in [3.05, 3.63) is 76.4 Å². The minimum Gasteiger partial charge on any atom is -0.483 e. The molecular formula is C36H52N4O3S. The zero-order valence-electron chi connectivity index (χ0n) is 28.4. The smallest absolute Gasteiger partial charge is 0.290 e. The number of benzene rings is 2. The Balaban J connectivity index is 0.000000596. The monoisotopic (exact) mass is 620 g/mol. The van der Waals surface area contributed by atoms with Crippen LogP contribution in [0.15, 0.2) is 43.5 Å². The molecule has 7 nitrogen and oxygen atoms in total. The quantitative estimate of drug-likeness (QED) is 0.167. The lowest BCUT2D eigenvalue weighted by atomic mass is 9.89. The van der Waals surface area contributed by atoms with Gasteiger partial charge in [-0.3, -0.25) is 4.79 Å². The van der Waals surface area contributed by atoms with Gasteiger partial charge >= 0.3 is 0 Å². The van der Waals surface area contributed by atoms with Crippen LogP contribution in [0.2, 0.25) is 0 Å². The topological polar surface area (TPSA) is 81.8 Å². The van der Waals surface area contributed by atoms with E-state index in [-0.39, 0.29) is 6.47 Å². The van der Waals surface area contributed by atoms with Gasteiger partial charge in [-0.2, -0.15) is 0 Å². The summed E-state index contributed by atoms with van der Waals surface area (Å²) in [5.74, 6) is 0. The molecule has 1 aliphatic rings. The van der Waals surface area contributed by atoms with Gasteiger partial charge in [0.1, 0.15) is 0 Å². The lowest BCUT2D eigenvalue weighted by Gasteiger charge is -2.32. The third kappa shape index (κ3) is 8.58. The number of hydrogen-bond donors (Lipinski definition) is 2. The number of thiazole rings is 1. The predicted octanol–water partition coefficient (Wildman–Crippen LogP) is 8.31. The second-order valence-electron chi connectivity index (χ2n) is 12.1. The Morgan fingerprint density at radius 1 is 1.05 bits per heavy atom. The minimum absolute atomic E-state index is 0.250. The van der Waals surface area contributed by atoms with Crippen molar-refractivity contribution in [3.63, 3.8) is 0 Å². The first kappa shape index (κ1) is 36.7. The highest BCUT2D eigenvalue weighted by molar-refractivity contribution is 7.15. The molecule has 44 heavy (non-hydrogen) atoms. The zero-order valence-corrected chi connectivity index (χ0v) is 29.2. The number of aryl methyl sites for hydroxylation is 3. The van der Waals surface area contributed by atoms with E-state index in [2.05, 4.69) is 107 Å². The number of aromatic nitrogens is 2. The van der Waals surface area contributed by atoms with Crippen molar-refractivity contribution < 1.29 is 15.0 Å². The Kier molecular flexibility index (Phi) is 13.4. The SMILES string of the molecule is C=C.CC(C)(C)O.CCc1sc(N2CCn3c(C)cc4c(-c5ccc(C)cc5)c(CC)c(C)c2c43)nc1CN(C)C.O=CO. The van der Waals surface area contributed by atoms with Crippen LogP contribution in [0.3, 0.4) is 0 Å². The Hall–Kier alpha value is -3.46. The first-order valence-electron chi connectivity index (χ1n) is 15.2. The fourth-order valence-electron chi connectivity index (χ4n) is 5.59. The molecule has 0 saturated heterocycles. The molecule has 3 heterocycles. The van der Waals surface area contributed by atoms with Gasteiger partial charge in [0, 0.05) is 35.6 Å². The Labute approximate surface area is 268 Å². The van der Waals surface area contributed by atoms with E-state index in [1.54, 1.807) is 20.8 Å². The van der Waals surface area contributed by atoms with E-state index in [4.69, 9.17) is 20.0 Å². The van der Waals surface area contributed by atoms with E-state index in [0.29, 0.717) is 0 Å². The van der Waals surface area contributed by atoms with Crippen LogP contribution in [0, 0.1) is 20.8 Å². The molecule has 1 aliphatic heterocycles. The van der Waals surface area contributed by atoms with Gasteiger partial charge in [-0.15, -0.1) is 24.5 Å². The van der Waals surface area contributed by atoms with Gasteiger partial charge in [0.25, 0.3) is 6.47 Å². The molecule has 0 aliphatic carbocycles. The van der Waals surface area contributed by atoms with Gasteiger partial charge in [0.05, 0.1) is 22.5 Å². The Morgan fingerprint density at radius 3 is 2.11 bits per heavy atom. The van der Waals surface area contributed by atoms with Gasteiger partial charge in [-0.05, 0) is 96.8 Å². The second kappa shape index (κ2) is 16.0. The molecule has 0 spiro atoms. The minimum atomic E-state index is -0.500. The summed E-state index contributed by atoms with van der Waals surface area (Å²) in [4.78, 5) is 19.7. The summed E-state index contributed by atoms with van der Waals surface area (Å²) in [5, 5.41) is 17.9. The van der Waals surface area contributed by atoms with E-state index in [0.717, 1.165) is 37.6 Å². The number of nitrogens with zero attached hydrogens (tertiary/aromatic N) is 4. The highest BCUT2D eigenvalue weighted by Gasteiger charge is 2.30. The van der Waals surface area contributed by atoms with Crippen molar-refractivity contribution in [1.82, 2.24) is 14.5 Å². The number of carbonyl (C=O) groups is 1. The van der Waals surface area contributed by atoms with Crippen molar-refractivity contribution in [2.75, 3.05) is 25.5 Å². The normalized spacial score (nSPS) is 12.1. The average molecular weight is 621 g/mol. The molecule has 2 aromatic carbocycles. The molecule has 4 aromatic rings. The molecule has 0 amide bonds. The van der Waals surface area contributed by atoms with E-state index < -0.39 is 5.60 Å². The number of hydrogen-bond acceptors (Lipinski definition) is 6. The van der Waals surface area contributed by atoms with Crippen LogP contribution >= 0.6 is 11.3 Å². The third-order valence-electron chi connectivity index (χ3n) is 7.20. The fraction of sp³-hybridized carbons (Fsp3) is 0.444. The number of aliphatic hydroxyl groups is 1.